The second-order valence-electron chi connectivity index (χ2n) is 10.00. The first-order valence-corrected chi connectivity index (χ1v) is 14.5. The third-order valence-electron chi connectivity index (χ3n) is 7.45. The van der Waals surface area contributed by atoms with E-state index in [2.05, 4.69) is 17.0 Å². The lowest BCUT2D eigenvalue weighted by molar-refractivity contribution is -0.141. The Morgan fingerprint density at radius 2 is 1.58 bits per heavy atom. The summed E-state index contributed by atoms with van der Waals surface area (Å²) in [7, 11) is -1.84. The fourth-order valence-electron chi connectivity index (χ4n) is 5.25. The van der Waals surface area contributed by atoms with Gasteiger partial charge in [0.2, 0.25) is 15.9 Å². The van der Waals surface area contributed by atoms with E-state index < -0.39 is 10.0 Å². The van der Waals surface area contributed by atoms with Gasteiger partial charge in [-0.15, -0.1) is 0 Å². The molecule has 0 bridgehead atoms. The van der Waals surface area contributed by atoms with Gasteiger partial charge in [-0.1, -0.05) is 48.5 Å². The zero-order chi connectivity index (χ0) is 25.4. The Labute approximate surface area is 216 Å². The van der Waals surface area contributed by atoms with Crippen LogP contribution in [0.3, 0.4) is 0 Å². The third kappa shape index (κ3) is 7.16. The third-order valence-corrected chi connectivity index (χ3v) is 9.28. The summed E-state index contributed by atoms with van der Waals surface area (Å²) in [5.74, 6) is 0.595. The van der Waals surface area contributed by atoms with Crippen LogP contribution < -0.4 is 0 Å². The number of piperidine rings is 1. The average Bonchev–Trinajstić information content (AvgIpc) is 2.93. The maximum absolute atomic E-state index is 13.1. The van der Waals surface area contributed by atoms with E-state index in [9.17, 15) is 13.2 Å². The molecule has 4 rings (SSSR count). The van der Waals surface area contributed by atoms with Gasteiger partial charge in [-0.2, -0.15) is 0 Å². The van der Waals surface area contributed by atoms with Gasteiger partial charge < -0.3 is 14.5 Å². The number of ether oxygens (including phenoxy) is 1. The van der Waals surface area contributed by atoms with E-state index in [4.69, 9.17) is 4.74 Å². The van der Waals surface area contributed by atoms with Crippen LogP contribution in [0.2, 0.25) is 0 Å². The Bertz CT molecular complexity index is 1050. The summed E-state index contributed by atoms with van der Waals surface area (Å²) in [5, 5.41) is 0. The number of hydrogen-bond donors (Lipinski definition) is 0. The number of morpholine rings is 1. The minimum atomic E-state index is -3.53. The molecule has 2 saturated heterocycles. The molecule has 2 aliphatic rings. The van der Waals surface area contributed by atoms with E-state index >= 15 is 0 Å². The average molecular weight is 514 g/mol. The predicted molar refractivity (Wildman–Crippen MR) is 141 cm³/mol. The monoisotopic (exact) mass is 513 g/mol. The molecule has 2 aliphatic heterocycles. The Kier molecular flexibility index (Phi) is 9.53. The number of hydrogen-bond acceptors (Lipinski definition) is 5. The van der Waals surface area contributed by atoms with E-state index in [1.165, 1.54) is 9.87 Å². The van der Waals surface area contributed by atoms with Gasteiger partial charge in [-0.25, -0.2) is 12.7 Å². The van der Waals surface area contributed by atoms with E-state index in [0.29, 0.717) is 37.7 Å². The lowest BCUT2D eigenvalue weighted by atomic mass is 9.93. The standard InChI is InChI=1S/C28H39N3O4S/c1-29(36(33,34)27-10-6-3-7-11-27)23-25(22-24-8-4-2-5-9-24)12-15-30-16-13-26(14-17-30)28(32)31-18-20-35-21-19-31/h2-11,25-26H,12-23H2,1H3. The summed E-state index contributed by atoms with van der Waals surface area (Å²) in [6.45, 7) is 5.91. The van der Waals surface area contributed by atoms with Crippen LogP contribution in [-0.4, -0.2) is 88.0 Å². The largest absolute Gasteiger partial charge is 0.378 e. The SMILES string of the molecule is CN(CC(CCN1CCC(C(=O)N2CCOCC2)CC1)Cc1ccccc1)S(=O)(=O)c1ccccc1. The maximum Gasteiger partial charge on any atom is 0.242 e. The number of sulfonamides is 1. The summed E-state index contributed by atoms with van der Waals surface area (Å²) in [5.41, 5.74) is 1.22. The van der Waals surface area contributed by atoms with Crippen molar-refractivity contribution < 1.29 is 17.9 Å². The van der Waals surface area contributed by atoms with Gasteiger partial charge in [0, 0.05) is 32.6 Å². The summed E-state index contributed by atoms with van der Waals surface area (Å²) in [6.07, 6.45) is 3.52. The lowest BCUT2D eigenvalue weighted by Crippen LogP contribution is -2.47. The van der Waals surface area contributed by atoms with Crippen molar-refractivity contribution in [3.8, 4) is 0 Å². The van der Waals surface area contributed by atoms with Gasteiger partial charge in [-0.3, -0.25) is 4.79 Å². The number of amides is 1. The topological polar surface area (TPSA) is 70.2 Å². The minimum Gasteiger partial charge on any atom is -0.378 e. The zero-order valence-electron chi connectivity index (χ0n) is 21.3. The molecule has 7 nitrogen and oxygen atoms in total. The normalized spacial score (nSPS) is 18.9. The molecule has 2 heterocycles. The van der Waals surface area contributed by atoms with Crippen molar-refractivity contribution in [3.05, 3.63) is 66.2 Å². The molecule has 0 aliphatic carbocycles. The molecule has 1 unspecified atom stereocenters. The van der Waals surface area contributed by atoms with E-state index in [1.54, 1.807) is 31.3 Å². The first-order chi connectivity index (χ1) is 17.4. The fraction of sp³-hybridized carbons (Fsp3) is 0.536. The Hall–Kier alpha value is -2.26. The van der Waals surface area contributed by atoms with Crippen LogP contribution in [0.4, 0.5) is 0 Å². The van der Waals surface area contributed by atoms with Gasteiger partial charge in [-0.05, 0) is 68.9 Å². The number of benzene rings is 2. The first-order valence-electron chi connectivity index (χ1n) is 13.1. The lowest BCUT2D eigenvalue weighted by Gasteiger charge is -2.36. The Morgan fingerprint density at radius 1 is 0.972 bits per heavy atom. The van der Waals surface area contributed by atoms with E-state index in [-0.39, 0.29) is 17.7 Å². The molecular formula is C28H39N3O4S. The van der Waals surface area contributed by atoms with Gasteiger partial charge in [0.1, 0.15) is 0 Å². The number of likely N-dealkylation sites (tertiary alicyclic amines) is 1. The maximum atomic E-state index is 13.1. The molecule has 196 valence electrons. The molecule has 0 N–H and O–H groups in total. The highest BCUT2D eigenvalue weighted by Crippen LogP contribution is 2.23. The van der Waals surface area contributed by atoms with Crippen LogP contribution in [-0.2, 0) is 26.0 Å². The van der Waals surface area contributed by atoms with Crippen molar-refractivity contribution in [1.82, 2.24) is 14.1 Å². The van der Waals surface area contributed by atoms with Crippen molar-refractivity contribution in [1.29, 1.82) is 0 Å². The molecule has 1 amide bonds. The quantitative estimate of drug-likeness (QED) is 0.488. The van der Waals surface area contributed by atoms with Gasteiger partial charge in [0.15, 0.2) is 0 Å². The Morgan fingerprint density at radius 3 is 2.22 bits per heavy atom. The van der Waals surface area contributed by atoms with Crippen molar-refractivity contribution >= 4 is 15.9 Å². The molecule has 0 spiro atoms. The van der Waals surface area contributed by atoms with Crippen LogP contribution in [0.25, 0.3) is 0 Å². The Balaban J connectivity index is 1.33. The molecule has 2 aromatic rings. The van der Waals surface area contributed by atoms with Crippen molar-refractivity contribution in [2.75, 3.05) is 59.5 Å². The number of nitrogens with zero attached hydrogens (tertiary/aromatic N) is 3. The minimum absolute atomic E-state index is 0.113. The van der Waals surface area contributed by atoms with Gasteiger partial charge in [0.25, 0.3) is 0 Å². The van der Waals surface area contributed by atoms with Crippen LogP contribution in [0.15, 0.2) is 65.6 Å². The van der Waals surface area contributed by atoms with Crippen LogP contribution in [0.5, 0.6) is 0 Å². The highest BCUT2D eigenvalue weighted by Gasteiger charge is 2.30. The smallest absolute Gasteiger partial charge is 0.242 e. The molecule has 8 heteroatoms. The van der Waals surface area contributed by atoms with Crippen molar-refractivity contribution in [2.45, 2.75) is 30.6 Å². The molecule has 36 heavy (non-hydrogen) atoms. The molecule has 0 saturated carbocycles. The number of carbonyl (C=O) groups is 1. The van der Waals surface area contributed by atoms with E-state index in [1.807, 2.05) is 29.2 Å². The van der Waals surface area contributed by atoms with Crippen LogP contribution in [0.1, 0.15) is 24.8 Å². The summed E-state index contributed by atoms with van der Waals surface area (Å²) < 4.78 is 33.1. The van der Waals surface area contributed by atoms with Crippen molar-refractivity contribution in [3.63, 3.8) is 0 Å². The second-order valence-corrected chi connectivity index (χ2v) is 12.0. The molecule has 2 fully saturated rings. The molecule has 0 aromatic heterocycles. The van der Waals surface area contributed by atoms with Gasteiger partial charge in [0.05, 0.1) is 18.1 Å². The van der Waals surface area contributed by atoms with Crippen molar-refractivity contribution in [2.24, 2.45) is 11.8 Å². The van der Waals surface area contributed by atoms with Crippen LogP contribution >= 0.6 is 0 Å². The number of rotatable bonds is 10. The fourth-order valence-corrected chi connectivity index (χ4v) is 6.52. The second kappa shape index (κ2) is 12.8. The molecule has 1 atom stereocenters. The highest BCUT2D eigenvalue weighted by atomic mass is 32.2. The van der Waals surface area contributed by atoms with E-state index in [0.717, 1.165) is 45.3 Å². The summed E-state index contributed by atoms with van der Waals surface area (Å²) in [6, 6.07) is 19.0. The highest BCUT2D eigenvalue weighted by molar-refractivity contribution is 7.89. The molecule has 2 aromatic carbocycles. The first kappa shape index (κ1) is 26.8. The molecular weight excluding hydrogens is 474 g/mol. The number of carbonyl (C=O) groups excluding carboxylic acids is 1. The molecule has 0 radical (unpaired) electrons. The predicted octanol–water partition coefficient (Wildman–Crippen LogP) is 3.13. The van der Waals surface area contributed by atoms with Crippen LogP contribution in [0, 0.1) is 11.8 Å². The van der Waals surface area contributed by atoms with Gasteiger partial charge >= 0.3 is 0 Å². The summed E-state index contributed by atoms with van der Waals surface area (Å²) >= 11 is 0. The zero-order valence-corrected chi connectivity index (χ0v) is 22.1. The summed E-state index contributed by atoms with van der Waals surface area (Å²) in [4.78, 5) is 17.6.